The van der Waals surface area contributed by atoms with Crippen LogP contribution in [-0.4, -0.2) is 121 Å². The van der Waals surface area contributed by atoms with Gasteiger partial charge in [0.15, 0.2) is 0 Å². The van der Waals surface area contributed by atoms with Gasteiger partial charge in [0.25, 0.3) is 0 Å². The molecule has 10 aromatic carbocycles. The predicted octanol–water partition coefficient (Wildman–Crippen LogP) is 26.2. The molecule has 0 atom stereocenters. The summed E-state index contributed by atoms with van der Waals surface area (Å²) in [4.78, 5) is 51.5. The van der Waals surface area contributed by atoms with Gasteiger partial charge in [-0.25, -0.2) is 36.0 Å². The number of ether oxygens (including phenoxy) is 12. The number of nitrogens with zero attached hydrogens (tertiary/aromatic N) is 3. The van der Waals surface area contributed by atoms with E-state index in [9.17, 15) is 36.0 Å². The molecule has 0 saturated carbocycles. The summed E-state index contributed by atoms with van der Waals surface area (Å²) in [5, 5.41) is 17.6. The van der Waals surface area contributed by atoms with Gasteiger partial charge in [-0.2, -0.15) is 15.5 Å². The predicted molar refractivity (Wildman–Crippen MR) is 520 cm³/mol. The van der Waals surface area contributed by atoms with Crippen molar-refractivity contribution in [1.82, 2.24) is 0 Å². The zero-order chi connectivity index (χ0) is 95.4. The van der Waals surface area contributed by atoms with Crippen LogP contribution in [-0.2, 0) is 38.6 Å². The van der Waals surface area contributed by atoms with Crippen molar-refractivity contribution >= 4 is 54.9 Å². The number of hydrogen-bond donors (Lipinski definition) is 0. The van der Waals surface area contributed by atoms with Gasteiger partial charge in [0.1, 0.15) is 46.0 Å². The molecular formula is C109H131N3O20S2. The van der Waals surface area contributed by atoms with Gasteiger partial charge in [0.2, 0.25) is 19.7 Å². The minimum absolute atomic E-state index is 0.191. The summed E-state index contributed by atoms with van der Waals surface area (Å²) < 4.78 is 121. The molecule has 0 unspecified atom stereocenters. The van der Waals surface area contributed by atoms with Crippen LogP contribution in [0.4, 0.5) is 11.4 Å². The lowest BCUT2D eigenvalue weighted by Crippen LogP contribution is -2.10. The van der Waals surface area contributed by atoms with Gasteiger partial charge >= 0.3 is 23.9 Å². The number of hydrogen-bond acceptors (Lipinski definition) is 23. The van der Waals surface area contributed by atoms with Gasteiger partial charge in [0.05, 0.1) is 145 Å². The van der Waals surface area contributed by atoms with Crippen LogP contribution in [0.2, 0.25) is 0 Å². The van der Waals surface area contributed by atoms with Crippen LogP contribution in [0.5, 0.6) is 46.0 Å². The zero-order valence-electron chi connectivity index (χ0n) is 78.7. The van der Waals surface area contributed by atoms with E-state index in [2.05, 4.69) is 44.0 Å². The Morgan fingerprint density at radius 2 is 0.545 bits per heavy atom. The number of azo groups is 1. The topological polar surface area (TPSA) is 296 Å². The highest BCUT2D eigenvalue weighted by atomic mass is 32.2. The molecule has 0 radical (unpaired) electrons. The lowest BCUT2D eigenvalue weighted by Gasteiger charge is -2.17. The van der Waals surface area contributed by atoms with Crippen LogP contribution in [0.15, 0.2) is 260 Å². The Kier molecular flexibility index (Phi) is 45.4. The third-order valence-electron chi connectivity index (χ3n) is 21.9. The first-order valence-electron chi connectivity index (χ1n) is 46.9. The number of unbranched alkanes of at least 4 members (excludes halogenated alkanes) is 19. The van der Waals surface area contributed by atoms with Crippen molar-refractivity contribution in [2.45, 2.75) is 221 Å². The van der Waals surface area contributed by atoms with E-state index in [1.807, 2.05) is 91.9 Å². The molecule has 714 valence electrons. The van der Waals surface area contributed by atoms with Crippen molar-refractivity contribution in [1.29, 1.82) is 5.26 Å². The summed E-state index contributed by atoms with van der Waals surface area (Å²) in [6.07, 6.45) is 24.7. The minimum atomic E-state index is -3.69. The summed E-state index contributed by atoms with van der Waals surface area (Å²) >= 11 is 0. The number of sulfone groups is 2. The normalized spacial score (nSPS) is 11.3. The highest BCUT2D eigenvalue weighted by molar-refractivity contribution is 7.91. The molecule has 23 nitrogen and oxygen atoms in total. The van der Waals surface area contributed by atoms with Gasteiger partial charge in [-0.15, -0.1) is 0 Å². The fraction of sp³-hybridized carbons (Fsp3) is 0.404. The van der Waals surface area contributed by atoms with Crippen molar-refractivity contribution in [3.8, 4) is 63.2 Å². The largest absolute Gasteiger partial charge is 0.494 e. The molecule has 0 aromatic heterocycles. The lowest BCUT2D eigenvalue weighted by atomic mass is 9.89. The van der Waals surface area contributed by atoms with E-state index < -0.39 is 43.6 Å². The molecule has 0 aliphatic rings. The molecule has 0 aliphatic heterocycles. The average molecular weight is 1870 g/mol. The fourth-order valence-corrected chi connectivity index (χ4v) is 16.6. The van der Waals surface area contributed by atoms with E-state index in [0.29, 0.717) is 111 Å². The Bertz CT molecular complexity index is 5490. The van der Waals surface area contributed by atoms with E-state index in [4.69, 9.17) is 62.1 Å². The van der Waals surface area contributed by atoms with Crippen molar-refractivity contribution in [2.75, 3.05) is 80.3 Å². The highest BCUT2D eigenvalue weighted by Crippen LogP contribution is 2.32. The Morgan fingerprint density at radius 1 is 0.299 bits per heavy atom. The molecule has 0 spiro atoms. The molecule has 0 N–H and O–H groups in total. The van der Waals surface area contributed by atoms with E-state index in [-0.39, 0.29) is 55.0 Å². The molecule has 0 aliphatic carbocycles. The van der Waals surface area contributed by atoms with E-state index in [1.165, 1.54) is 70.4 Å². The fourth-order valence-electron chi connectivity index (χ4n) is 14.1. The van der Waals surface area contributed by atoms with E-state index in [1.54, 1.807) is 133 Å². The number of aryl methyl sites for hydroxylation is 1. The Labute approximate surface area is 792 Å². The summed E-state index contributed by atoms with van der Waals surface area (Å²) in [7, 11) is -4.80. The molecule has 0 fully saturated rings. The zero-order valence-corrected chi connectivity index (χ0v) is 80.4. The average Bonchev–Trinajstić information content (AvgIpc) is 0.804. The summed E-state index contributed by atoms with van der Waals surface area (Å²) in [5.41, 5.74) is 6.67. The first-order valence-corrected chi connectivity index (χ1v) is 49.9. The maximum Gasteiger partial charge on any atom is 0.338 e. The smallest absolute Gasteiger partial charge is 0.338 e. The number of carbonyl (C=O) groups excluding carboxylic acids is 4. The summed E-state index contributed by atoms with van der Waals surface area (Å²) in [5.74, 6) is 2.61. The first kappa shape index (κ1) is 105. The number of carbonyl (C=O) groups is 4. The number of benzene rings is 10. The van der Waals surface area contributed by atoms with Crippen molar-refractivity contribution in [3.05, 3.63) is 264 Å². The van der Waals surface area contributed by atoms with Crippen LogP contribution in [0.25, 0.3) is 11.1 Å². The molecule has 134 heavy (non-hydrogen) atoms. The maximum absolute atomic E-state index is 13.3. The van der Waals surface area contributed by atoms with Crippen LogP contribution in [0, 0.1) is 23.7 Å². The maximum atomic E-state index is 13.3. The van der Waals surface area contributed by atoms with Crippen LogP contribution in [0.1, 0.15) is 247 Å². The molecule has 0 amide bonds. The van der Waals surface area contributed by atoms with Crippen LogP contribution in [0.3, 0.4) is 0 Å². The Balaban J connectivity index is 0.000000301. The molecule has 10 aromatic rings. The van der Waals surface area contributed by atoms with E-state index >= 15 is 0 Å². The van der Waals surface area contributed by atoms with Gasteiger partial charge in [0, 0.05) is 0 Å². The minimum Gasteiger partial charge on any atom is -0.494 e. The second kappa shape index (κ2) is 57.8. The Morgan fingerprint density at radius 3 is 0.828 bits per heavy atom. The lowest BCUT2D eigenvalue weighted by molar-refractivity contribution is 0.0486. The highest BCUT2D eigenvalue weighted by Gasteiger charge is 2.23. The van der Waals surface area contributed by atoms with Gasteiger partial charge in [-0.1, -0.05) is 115 Å². The molecule has 10 rings (SSSR count). The quantitative estimate of drug-likeness (QED) is 0.0148. The summed E-state index contributed by atoms with van der Waals surface area (Å²) in [6, 6.07) is 68.2. The molecule has 25 heteroatoms. The SMILES string of the molecule is CCCCCCCOc1ccc(S(=O)(=O)c2ccc(OCCCCCCOC(=O)c3cc(OCCCCCCOc4ccc(-c5ccc(C#N)cc5)cc4)cc(C(=O)OC)c3)cc2)cc1.COC(=O)c1cc(OCCCCCCOc2ccc(N=Nc3ccc(C)cc3)cc2)cc(C(=O)OCCCCCCOc2ccc(S(=O)(=O)c3ccc(OCCCCCCC(C)(C)C)cc3)cc2)c1. The molecule has 0 heterocycles. The van der Waals surface area contributed by atoms with Crippen LogP contribution >= 0.6 is 0 Å². The Hall–Kier alpha value is -12.5. The van der Waals surface area contributed by atoms with E-state index in [0.717, 1.165) is 150 Å². The number of nitriles is 1. The number of methoxy groups -OCH3 is 2. The van der Waals surface area contributed by atoms with Crippen molar-refractivity contribution in [2.24, 2.45) is 15.6 Å². The molecular weight excluding hydrogens is 1740 g/mol. The first-order chi connectivity index (χ1) is 65.0. The monoisotopic (exact) mass is 1870 g/mol. The van der Waals surface area contributed by atoms with Gasteiger partial charge in [-0.3, -0.25) is 0 Å². The third-order valence-corrected chi connectivity index (χ3v) is 25.4. The number of esters is 4. The third kappa shape index (κ3) is 38.2. The van der Waals surface area contributed by atoms with Crippen LogP contribution < -0.4 is 37.9 Å². The summed E-state index contributed by atoms with van der Waals surface area (Å²) in [6.45, 7) is 15.6. The standard InChI is InChI=1S/C56H70N2O10S.C53H61NO10S/c1-43-18-20-46(21-19-43)57-58-47-22-24-48(25-23-47)64-36-14-8-9-16-38-67-51-41-44(54(59)63-5)40-45(42-51)55(60)68-39-17-11-10-15-37-66-50-28-32-53(33-29-50)69(61,62)52-30-26-49(27-31-52)65-35-13-7-6-12-34-56(2,3)4;1-3-4-5-6-11-32-61-47-24-28-50(29-25-47)65(57,58)51-30-26-48(27-31-51)62-34-13-9-10-15-36-64-53(56)45-37-44(52(55)59-2)38-49(39-45)63-35-14-8-7-12-33-60-46-22-20-43(21-23-46)42-18-16-41(40-54)17-19-42/h18-33,40-42H,6-17,34-39H2,1-5H3;16-31,37-39H,3-15,32-36H2,1-2H3. The van der Waals surface area contributed by atoms with Crippen molar-refractivity contribution in [3.63, 3.8) is 0 Å². The molecule has 0 bridgehead atoms. The second-order valence-electron chi connectivity index (χ2n) is 34.0. The second-order valence-corrected chi connectivity index (χ2v) is 37.9. The van der Waals surface area contributed by atoms with Crippen molar-refractivity contribution < 1.29 is 92.9 Å². The van der Waals surface area contributed by atoms with Gasteiger partial charge in [-0.05, 0) is 340 Å². The molecule has 0 saturated heterocycles. The number of rotatable bonds is 59. The van der Waals surface area contributed by atoms with Gasteiger partial charge < -0.3 is 56.8 Å².